The van der Waals surface area contributed by atoms with Crippen LogP contribution in [0.4, 0.5) is 0 Å². The van der Waals surface area contributed by atoms with Gasteiger partial charge in [-0.2, -0.15) is 0 Å². The predicted octanol–water partition coefficient (Wildman–Crippen LogP) is 3.07. The Bertz CT molecular complexity index is 674. The smallest absolute Gasteiger partial charge is 0.254 e. The van der Waals surface area contributed by atoms with Gasteiger partial charge in [0.15, 0.2) is 0 Å². The largest absolute Gasteiger partial charge is 0.338 e. The van der Waals surface area contributed by atoms with E-state index < -0.39 is 0 Å². The first-order valence-corrected chi connectivity index (χ1v) is 7.34. The van der Waals surface area contributed by atoms with E-state index in [-0.39, 0.29) is 5.91 Å². The van der Waals surface area contributed by atoms with Crippen molar-refractivity contribution in [2.45, 2.75) is 19.3 Å². The molecule has 0 N–H and O–H groups in total. The zero-order valence-corrected chi connectivity index (χ0v) is 12.5. The van der Waals surface area contributed by atoms with Crippen LogP contribution in [0.25, 0.3) is 0 Å². The van der Waals surface area contributed by atoms with Gasteiger partial charge in [0.2, 0.25) is 0 Å². The zero-order chi connectivity index (χ0) is 14.8. The van der Waals surface area contributed by atoms with Crippen LogP contribution >= 0.6 is 11.6 Å². The molecular weight excluding hydrogens is 286 g/mol. The molecule has 0 spiro atoms. The SMILES string of the molecule is Cc1ccnc([C@H]2CCN(C(=O)c3ccnc(Cl)c3)C2)c1. The van der Waals surface area contributed by atoms with E-state index in [9.17, 15) is 4.79 Å². The lowest BCUT2D eigenvalue weighted by Gasteiger charge is -2.16. The van der Waals surface area contributed by atoms with Crippen molar-refractivity contribution in [3.63, 3.8) is 0 Å². The van der Waals surface area contributed by atoms with Gasteiger partial charge in [0.05, 0.1) is 0 Å². The molecular formula is C16H16ClN3O. The number of aromatic nitrogens is 2. The Labute approximate surface area is 128 Å². The second kappa shape index (κ2) is 5.82. The summed E-state index contributed by atoms with van der Waals surface area (Å²) in [6.45, 7) is 3.51. The number of carbonyl (C=O) groups excluding carboxylic acids is 1. The fourth-order valence-corrected chi connectivity index (χ4v) is 2.86. The maximum atomic E-state index is 12.5. The molecule has 0 bridgehead atoms. The maximum Gasteiger partial charge on any atom is 0.254 e. The van der Waals surface area contributed by atoms with Crippen LogP contribution in [-0.4, -0.2) is 33.9 Å². The van der Waals surface area contributed by atoms with E-state index >= 15 is 0 Å². The highest BCUT2D eigenvalue weighted by atomic mass is 35.5. The number of rotatable bonds is 2. The molecule has 1 amide bonds. The summed E-state index contributed by atoms with van der Waals surface area (Å²) >= 11 is 5.85. The first-order valence-electron chi connectivity index (χ1n) is 6.97. The average molecular weight is 302 g/mol. The molecule has 0 saturated carbocycles. The van der Waals surface area contributed by atoms with Crippen molar-refractivity contribution in [1.82, 2.24) is 14.9 Å². The molecule has 2 aromatic rings. The highest BCUT2D eigenvalue weighted by Gasteiger charge is 2.28. The van der Waals surface area contributed by atoms with Crippen molar-refractivity contribution in [1.29, 1.82) is 0 Å². The van der Waals surface area contributed by atoms with E-state index in [2.05, 4.69) is 23.0 Å². The molecule has 1 aliphatic heterocycles. The number of amides is 1. The first-order chi connectivity index (χ1) is 10.1. The van der Waals surface area contributed by atoms with Gasteiger partial charge in [-0.3, -0.25) is 9.78 Å². The van der Waals surface area contributed by atoms with Crippen molar-refractivity contribution in [2.75, 3.05) is 13.1 Å². The Morgan fingerprint density at radius 3 is 2.86 bits per heavy atom. The van der Waals surface area contributed by atoms with Crippen LogP contribution in [0.15, 0.2) is 36.7 Å². The molecule has 0 radical (unpaired) electrons. The molecule has 3 rings (SSSR count). The zero-order valence-electron chi connectivity index (χ0n) is 11.8. The third-order valence-electron chi connectivity index (χ3n) is 3.80. The highest BCUT2D eigenvalue weighted by molar-refractivity contribution is 6.29. The van der Waals surface area contributed by atoms with E-state index in [1.165, 1.54) is 5.56 Å². The van der Waals surface area contributed by atoms with Gasteiger partial charge >= 0.3 is 0 Å². The Morgan fingerprint density at radius 2 is 2.10 bits per heavy atom. The maximum absolute atomic E-state index is 12.5. The topological polar surface area (TPSA) is 46.1 Å². The van der Waals surface area contributed by atoms with Gasteiger partial charge in [-0.25, -0.2) is 4.98 Å². The lowest BCUT2D eigenvalue weighted by Crippen LogP contribution is -2.28. The normalized spacial score (nSPS) is 18.0. The molecule has 5 heteroatoms. The molecule has 0 aliphatic carbocycles. The molecule has 1 saturated heterocycles. The van der Waals surface area contributed by atoms with Crippen LogP contribution in [0.2, 0.25) is 5.15 Å². The Kier molecular flexibility index (Phi) is 3.88. The number of pyridine rings is 2. The van der Waals surface area contributed by atoms with E-state index in [0.29, 0.717) is 23.2 Å². The summed E-state index contributed by atoms with van der Waals surface area (Å²) < 4.78 is 0. The molecule has 0 unspecified atom stereocenters. The van der Waals surface area contributed by atoms with Gasteiger partial charge < -0.3 is 4.90 Å². The van der Waals surface area contributed by atoms with Crippen LogP contribution in [-0.2, 0) is 0 Å². The second-order valence-corrected chi connectivity index (χ2v) is 5.75. The van der Waals surface area contributed by atoms with Crippen LogP contribution in [0, 0.1) is 6.92 Å². The second-order valence-electron chi connectivity index (χ2n) is 5.36. The fourth-order valence-electron chi connectivity index (χ4n) is 2.69. The summed E-state index contributed by atoms with van der Waals surface area (Å²) in [5.41, 5.74) is 2.86. The van der Waals surface area contributed by atoms with E-state index in [1.807, 2.05) is 17.2 Å². The van der Waals surface area contributed by atoms with Gasteiger partial charge in [0.1, 0.15) is 5.15 Å². The van der Waals surface area contributed by atoms with Crippen molar-refractivity contribution < 1.29 is 4.79 Å². The number of hydrogen-bond acceptors (Lipinski definition) is 3. The van der Waals surface area contributed by atoms with E-state index in [4.69, 9.17) is 11.6 Å². The first kappa shape index (κ1) is 14.0. The van der Waals surface area contributed by atoms with Crippen molar-refractivity contribution >= 4 is 17.5 Å². The molecule has 3 heterocycles. The molecule has 108 valence electrons. The Morgan fingerprint density at radius 1 is 1.29 bits per heavy atom. The van der Waals surface area contributed by atoms with E-state index in [0.717, 1.165) is 18.7 Å². The highest BCUT2D eigenvalue weighted by Crippen LogP contribution is 2.27. The van der Waals surface area contributed by atoms with Crippen LogP contribution in [0.1, 0.15) is 34.0 Å². The third-order valence-corrected chi connectivity index (χ3v) is 4.01. The van der Waals surface area contributed by atoms with Crippen molar-refractivity contribution in [3.8, 4) is 0 Å². The van der Waals surface area contributed by atoms with Crippen LogP contribution < -0.4 is 0 Å². The third kappa shape index (κ3) is 3.05. The van der Waals surface area contributed by atoms with Gasteiger partial charge in [-0.1, -0.05) is 11.6 Å². The number of nitrogens with zero attached hydrogens (tertiary/aromatic N) is 3. The number of halogens is 1. The Balaban J connectivity index is 1.74. The van der Waals surface area contributed by atoms with Gasteiger partial charge in [0.25, 0.3) is 5.91 Å². The standard InChI is InChI=1S/C16H16ClN3O/c1-11-2-5-18-14(8-11)13-4-7-20(10-13)16(21)12-3-6-19-15(17)9-12/h2-3,5-6,8-9,13H,4,7,10H2,1H3/t13-/m0/s1. The predicted molar refractivity (Wildman–Crippen MR) is 81.5 cm³/mol. The number of carbonyl (C=O) groups is 1. The number of aryl methyl sites for hydroxylation is 1. The summed E-state index contributed by atoms with van der Waals surface area (Å²) in [6.07, 6.45) is 4.34. The van der Waals surface area contributed by atoms with Crippen molar-refractivity contribution in [2.24, 2.45) is 0 Å². The monoisotopic (exact) mass is 301 g/mol. The molecule has 0 aromatic carbocycles. The van der Waals surface area contributed by atoms with Gasteiger partial charge in [0, 0.05) is 42.7 Å². The fraction of sp³-hybridized carbons (Fsp3) is 0.312. The summed E-state index contributed by atoms with van der Waals surface area (Å²) in [5, 5.41) is 0.344. The summed E-state index contributed by atoms with van der Waals surface area (Å²) in [6, 6.07) is 7.40. The van der Waals surface area contributed by atoms with Crippen LogP contribution in [0.3, 0.4) is 0 Å². The molecule has 21 heavy (non-hydrogen) atoms. The molecule has 4 nitrogen and oxygen atoms in total. The quantitative estimate of drug-likeness (QED) is 0.801. The minimum Gasteiger partial charge on any atom is -0.338 e. The molecule has 1 aliphatic rings. The summed E-state index contributed by atoms with van der Waals surface area (Å²) in [7, 11) is 0. The lowest BCUT2D eigenvalue weighted by atomic mass is 10.0. The average Bonchev–Trinajstić information content (AvgIpc) is 2.96. The summed E-state index contributed by atoms with van der Waals surface area (Å²) in [4.78, 5) is 22.7. The molecule has 2 aromatic heterocycles. The molecule has 1 fully saturated rings. The molecule has 1 atom stereocenters. The van der Waals surface area contributed by atoms with E-state index in [1.54, 1.807) is 18.3 Å². The minimum absolute atomic E-state index is 0.00875. The van der Waals surface area contributed by atoms with Crippen LogP contribution in [0.5, 0.6) is 0 Å². The summed E-state index contributed by atoms with van der Waals surface area (Å²) in [5.74, 6) is 0.320. The number of hydrogen-bond donors (Lipinski definition) is 0. The van der Waals surface area contributed by atoms with Gasteiger partial charge in [-0.05, 0) is 43.2 Å². The van der Waals surface area contributed by atoms with Crippen molar-refractivity contribution in [3.05, 3.63) is 58.6 Å². The Hall–Kier alpha value is -1.94. The minimum atomic E-state index is 0.00875. The lowest BCUT2D eigenvalue weighted by molar-refractivity contribution is 0.0790. The number of likely N-dealkylation sites (tertiary alicyclic amines) is 1. The van der Waals surface area contributed by atoms with Gasteiger partial charge in [-0.15, -0.1) is 0 Å².